The molecule has 0 heterocycles. The van der Waals surface area contributed by atoms with Crippen LogP contribution in [0.25, 0.3) is 0 Å². The molecule has 0 aromatic heterocycles. The molecular formula is C16H23ClINO. The first-order chi connectivity index (χ1) is 9.50. The Bertz CT molecular complexity index is 434. The Labute approximate surface area is 140 Å². The van der Waals surface area contributed by atoms with E-state index in [9.17, 15) is 4.79 Å². The molecule has 1 rings (SSSR count). The summed E-state index contributed by atoms with van der Waals surface area (Å²) in [6.07, 6.45) is 6.07. The van der Waals surface area contributed by atoms with Gasteiger partial charge in [0.1, 0.15) is 0 Å². The number of halogens is 2. The monoisotopic (exact) mass is 407 g/mol. The second-order valence-corrected chi connectivity index (χ2v) is 7.05. The molecule has 0 aliphatic rings. The second kappa shape index (κ2) is 9.61. The molecule has 4 heteroatoms. The van der Waals surface area contributed by atoms with E-state index in [1.54, 1.807) is 6.07 Å². The van der Waals surface area contributed by atoms with E-state index in [1.807, 2.05) is 12.1 Å². The van der Waals surface area contributed by atoms with Gasteiger partial charge in [-0.25, -0.2) is 0 Å². The molecule has 0 atom stereocenters. The maximum absolute atomic E-state index is 11.9. The molecule has 0 fully saturated rings. The Hall–Kier alpha value is -0.290. The number of nitrogens with one attached hydrogen (secondary N) is 1. The van der Waals surface area contributed by atoms with Crippen molar-refractivity contribution in [3.8, 4) is 0 Å². The van der Waals surface area contributed by atoms with Gasteiger partial charge < -0.3 is 5.32 Å². The van der Waals surface area contributed by atoms with E-state index in [4.69, 9.17) is 11.6 Å². The molecular weight excluding hydrogens is 385 g/mol. The van der Waals surface area contributed by atoms with Crippen molar-refractivity contribution in [1.29, 1.82) is 0 Å². The van der Waals surface area contributed by atoms with Crippen molar-refractivity contribution in [1.82, 2.24) is 5.32 Å². The molecule has 1 N–H and O–H groups in total. The van der Waals surface area contributed by atoms with Gasteiger partial charge in [-0.2, -0.15) is 0 Å². The summed E-state index contributed by atoms with van der Waals surface area (Å²) in [4.78, 5) is 11.9. The average molecular weight is 408 g/mol. The molecule has 0 aliphatic heterocycles. The number of carbonyl (C=O) groups is 1. The van der Waals surface area contributed by atoms with Gasteiger partial charge in [0, 0.05) is 15.7 Å². The molecule has 1 aromatic rings. The van der Waals surface area contributed by atoms with Crippen molar-refractivity contribution < 1.29 is 4.79 Å². The fourth-order valence-corrected chi connectivity index (χ4v) is 2.49. The molecule has 0 bridgehead atoms. The van der Waals surface area contributed by atoms with Gasteiger partial charge in [0.15, 0.2) is 0 Å². The lowest BCUT2D eigenvalue weighted by Crippen LogP contribution is -2.24. The van der Waals surface area contributed by atoms with Gasteiger partial charge in [0.25, 0.3) is 5.91 Å². The summed E-state index contributed by atoms with van der Waals surface area (Å²) in [6.45, 7) is 5.25. The second-order valence-electron chi connectivity index (χ2n) is 5.48. The lowest BCUT2D eigenvalue weighted by molar-refractivity contribution is 0.0953. The zero-order valence-electron chi connectivity index (χ0n) is 12.2. The summed E-state index contributed by atoms with van der Waals surface area (Å²) in [5, 5.41) is 3.58. The van der Waals surface area contributed by atoms with Gasteiger partial charge in [0.2, 0.25) is 0 Å². The molecule has 0 spiro atoms. The number of rotatable bonds is 8. The highest BCUT2D eigenvalue weighted by Gasteiger charge is 2.06. The predicted octanol–water partition coefficient (Wildman–Crippen LogP) is 5.28. The Kier molecular flexibility index (Phi) is 8.53. The fraction of sp³-hybridized carbons (Fsp3) is 0.562. The maximum atomic E-state index is 11.9. The van der Waals surface area contributed by atoms with Crippen LogP contribution in [0, 0.1) is 9.49 Å². The number of hydrogen-bond acceptors (Lipinski definition) is 1. The smallest absolute Gasteiger partial charge is 0.251 e. The number of amides is 1. The topological polar surface area (TPSA) is 29.1 Å². The third-order valence-corrected chi connectivity index (χ3v) is 4.75. The maximum Gasteiger partial charge on any atom is 0.251 e. The van der Waals surface area contributed by atoms with Crippen LogP contribution in [-0.4, -0.2) is 12.5 Å². The lowest BCUT2D eigenvalue weighted by Gasteiger charge is -2.07. The predicted molar refractivity (Wildman–Crippen MR) is 94.4 cm³/mol. The van der Waals surface area contributed by atoms with Crippen LogP contribution in [0.4, 0.5) is 0 Å². The van der Waals surface area contributed by atoms with Crippen molar-refractivity contribution in [2.75, 3.05) is 6.54 Å². The van der Waals surface area contributed by atoms with Crippen LogP contribution >= 0.6 is 34.2 Å². The standard InChI is InChI=1S/C16H23ClINO/c1-12(2)7-5-3-4-6-10-19-16(20)13-8-9-15(18)14(17)11-13/h8-9,11-12H,3-7,10H2,1-2H3,(H,19,20). The van der Waals surface area contributed by atoms with E-state index in [0.717, 1.165) is 22.5 Å². The van der Waals surface area contributed by atoms with Gasteiger partial charge >= 0.3 is 0 Å². The van der Waals surface area contributed by atoms with Crippen LogP contribution in [0.5, 0.6) is 0 Å². The minimum absolute atomic E-state index is 0.0366. The van der Waals surface area contributed by atoms with Crippen molar-refractivity contribution in [2.24, 2.45) is 5.92 Å². The van der Waals surface area contributed by atoms with Crippen molar-refractivity contribution in [3.63, 3.8) is 0 Å². The molecule has 1 aromatic carbocycles. The molecule has 20 heavy (non-hydrogen) atoms. The molecule has 1 amide bonds. The van der Waals surface area contributed by atoms with Crippen LogP contribution in [0.2, 0.25) is 5.02 Å². The van der Waals surface area contributed by atoms with Crippen LogP contribution < -0.4 is 5.32 Å². The SMILES string of the molecule is CC(C)CCCCCCNC(=O)c1ccc(I)c(Cl)c1. The Balaban J connectivity index is 2.18. The van der Waals surface area contributed by atoms with E-state index >= 15 is 0 Å². The number of unbranched alkanes of at least 4 members (excludes halogenated alkanes) is 3. The van der Waals surface area contributed by atoms with Gasteiger partial charge in [-0.05, 0) is 53.1 Å². The summed E-state index contributed by atoms with van der Waals surface area (Å²) >= 11 is 8.17. The first-order valence-electron chi connectivity index (χ1n) is 7.24. The molecule has 0 saturated heterocycles. The minimum atomic E-state index is -0.0366. The fourth-order valence-electron chi connectivity index (χ4n) is 1.97. The average Bonchev–Trinajstić information content (AvgIpc) is 2.40. The van der Waals surface area contributed by atoms with E-state index < -0.39 is 0 Å². The Morgan fingerprint density at radius 1 is 1.25 bits per heavy atom. The highest BCUT2D eigenvalue weighted by atomic mass is 127. The van der Waals surface area contributed by atoms with Crippen LogP contribution in [0.3, 0.4) is 0 Å². The summed E-state index contributed by atoms with van der Waals surface area (Å²) in [6, 6.07) is 5.40. The highest BCUT2D eigenvalue weighted by molar-refractivity contribution is 14.1. The minimum Gasteiger partial charge on any atom is -0.352 e. The molecule has 0 radical (unpaired) electrons. The first kappa shape index (κ1) is 17.8. The van der Waals surface area contributed by atoms with Crippen molar-refractivity contribution in [2.45, 2.75) is 46.0 Å². The Morgan fingerprint density at radius 2 is 1.95 bits per heavy atom. The number of carbonyl (C=O) groups excluding carboxylic acids is 1. The zero-order valence-corrected chi connectivity index (χ0v) is 15.1. The van der Waals surface area contributed by atoms with Crippen molar-refractivity contribution >= 4 is 40.1 Å². The zero-order chi connectivity index (χ0) is 15.0. The molecule has 0 aliphatic carbocycles. The van der Waals surface area contributed by atoms with Crippen molar-refractivity contribution in [3.05, 3.63) is 32.4 Å². The summed E-state index contributed by atoms with van der Waals surface area (Å²) in [5.74, 6) is 0.755. The summed E-state index contributed by atoms with van der Waals surface area (Å²) in [5.41, 5.74) is 0.634. The van der Waals surface area contributed by atoms with Crippen LogP contribution in [0.1, 0.15) is 56.3 Å². The lowest BCUT2D eigenvalue weighted by atomic mass is 10.0. The van der Waals surface area contributed by atoms with Crippen LogP contribution in [-0.2, 0) is 0 Å². The van der Waals surface area contributed by atoms with Gasteiger partial charge in [-0.15, -0.1) is 0 Å². The normalized spacial score (nSPS) is 10.8. The van der Waals surface area contributed by atoms with E-state index in [1.165, 1.54) is 25.7 Å². The number of benzene rings is 1. The van der Waals surface area contributed by atoms with E-state index in [0.29, 0.717) is 10.6 Å². The third-order valence-electron chi connectivity index (χ3n) is 3.18. The first-order valence-corrected chi connectivity index (χ1v) is 8.69. The van der Waals surface area contributed by atoms with E-state index in [-0.39, 0.29) is 5.91 Å². The summed E-state index contributed by atoms with van der Waals surface area (Å²) < 4.78 is 0.964. The highest BCUT2D eigenvalue weighted by Crippen LogP contribution is 2.19. The number of hydrogen-bond donors (Lipinski definition) is 1. The van der Waals surface area contributed by atoms with Crippen LogP contribution in [0.15, 0.2) is 18.2 Å². The Morgan fingerprint density at radius 3 is 2.60 bits per heavy atom. The molecule has 112 valence electrons. The molecule has 0 saturated carbocycles. The largest absolute Gasteiger partial charge is 0.352 e. The van der Waals surface area contributed by atoms with Gasteiger partial charge in [0.05, 0.1) is 5.02 Å². The molecule has 0 unspecified atom stereocenters. The van der Waals surface area contributed by atoms with Gasteiger partial charge in [-0.3, -0.25) is 4.79 Å². The van der Waals surface area contributed by atoms with E-state index in [2.05, 4.69) is 41.8 Å². The summed E-state index contributed by atoms with van der Waals surface area (Å²) in [7, 11) is 0. The molecule has 2 nitrogen and oxygen atoms in total. The van der Waals surface area contributed by atoms with Gasteiger partial charge in [-0.1, -0.05) is 51.1 Å². The quantitative estimate of drug-likeness (QED) is 0.461. The third kappa shape index (κ3) is 6.93.